The molecule has 4 aromatic rings. The van der Waals surface area contributed by atoms with Crippen LogP contribution in [0.1, 0.15) is 11.1 Å². The van der Waals surface area contributed by atoms with Crippen molar-refractivity contribution in [3.63, 3.8) is 0 Å². The molecule has 0 spiro atoms. The molecule has 5 rings (SSSR count). The first-order chi connectivity index (χ1) is 16.4. The molecular weight excluding hydrogens is 452 g/mol. The molecular formula is C26H24N2O5S. The molecule has 0 fully saturated rings. The van der Waals surface area contributed by atoms with E-state index in [0.29, 0.717) is 31.3 Å². The zero-order valence-electron chi connectivity index (χ0n) is 18.9. The van der Waals surface area contributed by atoms with Gasteiger partial charge in [-0.25, -0.2) is 8.42 Å². The van der Waals surface area contributed by atoms with Gasteiger partial charge in [-0.15, -0.1) is 0 Å². The molecule has 8 heteroatoms. The van der Waals surface area contributed by atoms with Crippen molar-refractivity contribution in [2.75, 3.05) is 25.2 Å². The Hall–Kier alpha value is -3.78. The third-order valence-electron chi connectivity index (χ3n) is 5.64. The number of sulfone groups is 1. The van der Waals surface area contributed by atoms with Gasteiger partial charge in [0.25, 0.3) is 0 Å². The quantitative estimate of drug-likeness (QED) is 0.392. The van der Waals surface area contributed by atoms with Crippen LogP contribution in [0.3, 0.4) is 0 Å². The predicted molar refractivity (Wildman–Crippen MR) is 128 cm³/mol. The molecule has 0 amide bonds. The smallest absolute Gasteiger partial charge is 0.236 e. The fourth-order valence-electron chi connectivity index (χ4n) is 3.87. The molecule has 0 saturated carbocycles. The summed E-state index contributed by atoms with van der Waals surface area (Å²) in [7, 11) is -2.23. The average Bonchev–Trinajstić information content (AvgIpc) is 3.31. The third kappa shape index (κ3) is 4.12. The predicted octanol–water partition coefficient (Wildman–Crippen LogP) is 4.89. The van der Waals surface area contributed by atoms with E-state index in [1.54, 1.807) is 18.0 Å². The standard InChI is InChI=1S/C26H24N2O5S/c1-18-8-6-7-11-21(18)24-27-25(26(33-24)28(2)17-19-9-4-3-5-10-19)34(29,30)20-12-13-22-23(16-20)32-15-14-31-22/h3-13,16H,14-15,17H2,1-2H3. The number of aryl methyl sites for hydroxylation is 1. The highest BCUT2D eigenvalue weighted by Gasteiger charge is 2.32. The molecule has 34 heavy (non-hydrogen) atoms. The van der Waals surface area contributed by atoms with Crippen molar-refractivity contribution >= 4 is 15.7 Å². The molecule has 0 radical (unpaired) electrons. The van der Waals surface area contributed by atoms with Gasteiger partial charge in [0.05, 0.1) is 4.90 Å². The van der Waals surface area contributed by atoms with Gasteiger partial charge in [0.2, 0.25) is 26.6 Å². The fourth-order valence-corrected chi connectivity index (χ4v) is 5.24. The lowest BCUT2D eigenvalue weighted by molar-refractivity contribution is 0.171. The summed E-state index contributed by atoms with van der Waals surface area (Å²) >= 11 is 0. The number of oxazole rings is 1. The van der Waals surface area contributed by atoms with E-state index < -0.39 is 9.84 Å². The maximum atomic E-state index is 13.8. The van der Waals surface area contributed by atoms with Gasteiger partial charge in [-0.1, -0.05) is 48.5 Å². The number of ether oxygens (including phenoxy) is 2. The van der Waals surface area contributed by atoms with Crippen molar-refractivity contribution in [1.82, 2.24) is 4.98 Å². The van der Waals surface area contributed by atoms with E-state index >= 15 is 0 Å². The summed E-state index contributed by atoms with van der Waals surface area (Å²) in [5, 5.41) is -0.138. The first-order valence-electron chi connectivity index (χ1n) is 10.9. The molecule has 0 atom stereocenters. The molecule has 1 aliphatic rings. The summed E-state index contributed by atoms with van der Waals surface area (Å²) in [6, 6.07) is 21.9. The average molecular weight is 477 g/mol. The fraction of sp³-hybridized carbons (Fsp3) is 0.192. The molecule has 1 aromatic heterocycles. The topological polar surface area (TPSA) is 81.9 Å². The Morgan fingerprint density at radius 3 is 2.38 bits per heavy atom. The van der Waals surface area contributed by atoms with Gasteiger partial charge in [-0.3, -0.25) is 0 Å². The summed E-state index contributed by atoms with van der Waals surface area (Å²) in [5.41, 5.74) is 2.69. The van der Waals surface area contributed by atoms with E-state index in [0.717, 1.165) is 16.7 Å². The number of aromatic nitrogens is 1. The van der Waals surface area contributed by atoms with Crippen molar-refractivity contribution in [3.8, 4) is 23.0 Å². The van der Waals surface area contributed by atoms with E-state index in [9.17, 15) is 8.42 Å². The first-order valence-corrected chi connectivity index (χ1v) is 12.4. The van der Waals surface area contributed by atoms with E-state index in [1.165, 1.54) is 12.1 Å². The van der Waals surface area contributed by atoms with Crippen LogP contribution in [-0.2, 0) is 16.4 Å². The van der Waals surface area contributed by atoms with Crippen LogP contribution in [0.5, 0.6) is 11.5 Å². The third-order valence-corrected chi connectivity index (χ3v) is 7.29. The summed E-state index contributed by atoms with van der Waals surface area (Å²) < 4.78 is 44.8. The van der Waals surface area contributed by atoms with Gasteiger partial charge < -0.3 is 18.8 Å². The van der Waals surface area contributed by atoms with Crippen LogP contribution in [-0.4, -0.2) is 33.7 Å². The van der Waals surface area contributed by atoms with E-state index in [1.807, 2.05) is 61.5 Å². The van der Waals surface area contributed by atoms with Crippen molar-refractivity contribution in [2.24, 2.45) is 0 Å². The molecule has 174 valence electrons. The number of nitrogens with zero attached hydrogens (tertiary/aromatic N) is 2. The lowest BCUT2D eigenvalue weighted by atomic mass is 10.1. The number of hydrogen-bond acceptors (Lipinski definition) is 7. The molecule has 0 saturated heterocycles. The lowest BCUT2D eigenvalue weighted by Crippen LogP contribution is -2.19. The maximum absolute atomic E-state index is 13.8. The minimum absolute atomic E-state index is 0.0655. The van der Waals surface area contributed by atoms with Crippen molar-refractivity contribution in [2.45, 2.75) is 23.4 Å². The maximum Gasteiger partial charge on any atom is 0.236 e. The summed E-state index contributed by atoms with van der Waals surface area (Å²) in [4.78, 5) is 6.32. The highest BCUT2D eigenvalue weighted by molar-refractivity contribution is 7.91. The first kappa shape index (κ1) is 22.0. The van der Waals surface area contributed by atoms with Crippen LogP contribution in [0.4, 0.5) is 5.88 Å². The monoisotopic (exact) mass is 476 g/mol. The van der Waals surface area contributed by atoms with Gasteiger partial charge in [0.1, 0.15) is 13.2 Å². The van der Waals surface area contributed by atoms with Crippen LogP contribution < -0.4 is 14.4 Å². The molecule has 3 aromatic carbocycles. The molecule has 0 N–H and O–H groups in total. The molecule has 1 aliphatic heterocycles. The Kier molecular flexibility index (Phi) is 5.75. The number of benzene rings is 3. The summed E-state index contributed by atoms with van der Waals surface area (Å²) in [6.45, 7) is 3.17. The van der Waals surface area contributed by atoms with Crippen LogP contribution in [0, 0.1) is 6.92 Å². The van der Waals surface area contributed by atoms with Crippen molar-refractivity contribution in [1.29, 1.82) is 0 Å². The highest BCUT2D eigenvalue weighted by Crippen LogP contribution is 2.38. The zero-order chi connectivity index (χ0) is 23.7. The molecule has 0 aliphatic carbocycles. The number of rotatable bonds is 6. The minimum Gasteiger partial charge on any atom is -0.486 e. The van der Waals surface area contributed by atoms with E-state index in [4.69, 9.17) is 13.9 Å². The molecule has 0 unspecified atom stereocenters. The van der Waals surface area contributed by atoms with Crippen LogP contribution in [0.25, 0.3) is 11.5 Å². The SMILES string of the molecule is Cc1ccccc1-c1nc(S(=O)(=O)c2ccc3c(c2)OCCO3)c(N(C)Cc2ccccc2)o1. The van der Waals surface area contributed by atoms with Crippen LogP contribution in [0.2, 0.25) is 0 Å². The Labute approximate surface area is 198 Å². The minimum atomic E-state index is -4.02. The molecule has 0 bridgehead atoms. The number of fused-ring (bicyclic) bond motifs is 1. The highest BCUT2D eigenvalue weighted by atomic mass is 32.2. The van der Waals surface area contributed by atoms with Gasteiger partial charge in [-0.2, -0.15) is 4.98 Å². The van der Waals surface area contributed by atoms with Crippen LogP contribution in [0.15, 0.2) is 87.1 Å². The summed E-state index contributed by atoms with van der Waals surface area (Å²) in [5.74, 6) is 1.35. The summed E-state index contributed by atoms with van der Waals surface area (Å²) in [6.07, 6.45) is 0. The Bertz CT molecular complexity index is 1430. The normalized spacial score (nSPS) is 13.0. The Balaban J connectivity index is 1.61. The van der Waals surface area contributed by atoms with E-state index in [2.05, 4.69) is 4.98 Å². The molecule has 7 nitrogen and oxygen atoms in total. The Morgan fingerprint density at radius 2 is 1.62 bits per heavy atom. The Morgan fingerprint density at radius 1 is 0.912 bits per heavy atom. The molecule has 2 heterocycles. The largest absolute Gasteiger partial charge is 0.486 e. The van der Waals surface area contributed by atoms with Gasteiger partial charge in [0.15, 0.2) is 11.5 Å². The second kappa shape index (κ2) is 8.87. The van der Waals surface area contributed by atoms with E-state index in [-0.39, 0.29) is 21.7 Å². The van der Waals surface area contributed by atoms with Crippen molar-refractivity contribution in [3.05, 3.63) is 83.9 Å². The number of hydrogen-bond donors (Lipinski definition) is 0. The van der Waals surface area contributed by atoms with Gasteiger partial charge >= 0.3 is 0 Å². The second-order valence-corrected chi connectivity index (χ2v) is 9.96. The lowest BCUT2D eigenvalue weighted by Gasteiger charge is -2.19. The van der Waals surface area contributed by atoms with Gasteiger partial charge in [0, 0.05) is 25.2 Å². The zero-order valence-corrected chi connectivity index (χ0v) is 19.7. The second-order valence-electron chi connectivity index (χ2n) is 8.09. The van der Waals surface area contributed by atoms with Crippen LogP contribution >= 0.6 is 0 Å². The van der Waals surface area contributed by atoms with Crippen molar-refractivity contribution < 1.29 is 22.3 Å². The van der Waals surface area contributed by atoms with Gasteiger partial charge in [-0.05, 0) is 36.2 Å². The number of anilines is 1.